The van der Waals surface area contributed by atoms with Gasteiger partial charge in [0.25, 0.3) is 5.91 Å². The van der Waals surface area contributed by atoms with E-state index < -0.39 is 23.1 Å². The van der Waals surface area contributed by atoms with Crippen molar-refractivity contribution in [2.45, 2.75) is 44.1 Å². The lowest BCUT2D eigenvalue weighted by atomic mass is 9.84. The third-order valence-corrected chi connectivity index (χ3v) is 8.53. The van der Waals surface area contributed by atoms with Crippen molar-refractivity contribution in [2.24, 2.45) is 13.0 Å². The van der Waals surface area contributed by atoms with Crippen LogP contribution in [-0.4, -0.2) is 48.1 Å². The Kier molecular flexibility index (Phi) is 7.91. The van der Waals surface area contributed by atoms with Gasteiger partial charge in [-0.05, 0) is 49.1 Å². The first kappa shape index (κ1) is 30.1. The number of aromatic nitrogens is 4. The van der Waals surface area contributed by atoms with Crippen LogP contribution in [0.15, 0.2) is 61.3 Å². The van der Waals surface area contributed by atoms with Crippen LogP contribution in [0, 0.1) is 11.7 Å². The van der Waals surface area contributed by atoms with Crippen molar-refractivity contribution < 1.29 is 23.8 Å². The normalized spacial score (nSPS) is 19.1. The Balaban J connectivity index is 1.53. The summed E-state index contributed by atoms with van der Waals surface area (Å²) >= 11 is 12.2. The van der Waals surface area contributed by atoms with Gasteiger partial charge in [0.15, 0.2) is 0 Å². The quantitative estimate of drug-likeness (QED) is 0.242. The summed E-state index contributed by atoms with van der Waals surface area (Å²) in [6, 6.07) is 9.14. The lowest BCUT2D eigenvalue weighted by Crippen LogP contribution is -2.49. The van der Waals surface area contributed by atoms with Gasteiger partial charge < -0.3 is 19.7 Å². The van der Waals surface area contributed by atoms with Crippen molar-refractivity contribution in [3.8, 4) is 0 Å². The van der Waals surface area contributed by atoms with Crippen LogP contribution < -0.4 is 5.32 Å². The van der Waals surface area contributed by atoms with Crippen LogP contribution in [0.5, 0.6) is 0 Å². The molecule has 13 heteroatoms. The highest BCUT2D eigenvalue weighted by molar-refractivity contribution is 6.30. The number of hydrogen-bond acceptors (Lipinski definition) is 7. The Morgan fingerprint density at radius 1 is 1.16 bits per heavy atom. The minimum absolute atomic E-state index is 0.0276. The molecule has 1 aliphatic carbocycles. The summed E-state index contributed by atoms with van der Waals surface area (Å²) in [4.78, 5) is 41.1. The van der Waals surface area contributed by atoms with Gasteiger partial charge in [-0.1, -0.05) is 42.3 Å². The van der Waals surface area contributed by atoms with Gasteiger partial charge in [0, 0.05) is 42.1 Å². The van der Waals surface area contributed by atoms with Crippen molar-refractivity contribution in [1.82, 2.24) is 29.7 Å². The lowest BCUT2D eigenvalue weighted by Gasteiger charge is -2.39. The molecule has 1 unspecified atom stereocenters. The van der Waals surface area contributed by atoms with Crippen LogP contribution in [0.2, 0.25) is 10.0 Å². The average Bonchev–Trinajstić information content (AvgIpc) is 3.73. The smallest absolute Gasteiger partial charge is 0.257 e. The van der Waals surface area contributed by atoms with E-state index in [9.17, 15) is 14.7 Å². The van der Waals surface area contributed by atoms with Crippen LogP contribution in [0.4, 0.5) is 4.39 Å². The molecule has 1 fully saturated rings. The second-order valence-electron chi connectivity index (χ2n) is 11.0. The second kappa shape index (κ2) is 11.6. The number of rotatable bonds is 10. The fourth-order valence-corrected chi connectivity index (χ4v) is 5.82. The third kappa shape index (κ3) is 5.23. The first-order valence-corrected chi connectivity index (χ1v) is 14.8. The molecule has 2 aliphatic rings. The zero-order valence-electron chi connectivity index (χ0n) is 23.9. The predicted molar refractivity (Wildman–Crippen MR) is 159 cm³/mol. The average molecular weight is 640 g/mol. The number of hydrogen-bond donors (Lipinski definition) is 2. The van der Waals surface area contributed by atoms with Gasteiger partial charge in [0.1, 0.15) is 24.0 Å². The van der Waals surface area contributed by atoms with Gasteiger partial charge >= 0.3 is 0 Å². The number of benzene rings is 2. The van der Waals surface area contributed by atoms with E-state index in [1.807, 2.05) is 0 Å². The molecule has 0 saturated heterocycles. The number of nitrogens with zero attached hydrogens (tertiary/aromatic N) is 5. The van der Waals surface area contributed by atoms with E-state index in [4.69, 9.17) is 27.9 Å². The minimum atomic E-state index is -1.87. The summed E-state index contributed by atoms with van der Waals surface area (Å²) in [6.07, 6.45) is 7.69. The van der Waals surface area contributed by atoms with E-state index >= 15 is 4.39 Å². The highest BCUT2D eigenvalue weighted by Gasteiger charge is 2.55. The molecule has 2 amide bonds. The zero-order chi connectivity index (χ0) is 31.2. The van der Waals surface area contributed by atoms with E-state index in [2.05, 4.69) is 20.3 Å². The molecule has 1 saturated carbocycles. The summed E-state index contributed by atoms with van der Waals surface area (Å²) in [6.45, 7) is 1.23. The zero-order valence-corrected chi connectivity index (χ0v) is 25.4. The van der Waals surface area contributed by atoms with E-state index in [0.29, 0.717) is 21.3 Å². The summed E-state index contributed by atoms with van der Waals surface area (Å²) in [7, 11) is 1.76. The largest absolute Gasteiger partial charge is 0.379 e. The number of aliphatic hydroxyl groups is 1. The van der Waals surface area contributed by atoms with E-state index in [-0.39, 0.29) is 54.0 Å². The number of fused-ring (bicyclic) bond motifs is 1. The van der Waals surface area contributed by atoms with Gasteiger partial charge in [0.05, 0.1) is 34.7 Å². The van der Waals surface area contributed by atoms with Crippen LogP contribution in [0.1, 0.15) is 64.8 Å². The van der Waals surface area contributed by atoms with E-state index in [1.54, 1.807) is 49.0 Å². The maximum Gasteiger partial charge on any atom is 0.257 e. The monoisotopic (exact) mass is 638 g/mol. The number of ether oxygens (including phenoxy) is 1. The summed E-state index contributed by atoms with van der Waals surface area (Å²) in [5.74, 6) is -1.45. The highest BCUT2D eigenvalue weighted by atomic mass is 35.5. The molecule has 228 valence electrons. The second-order valence-corrected chi connectivity index (χ2v) is 11.9. The van der Waals surface area contributed by atoms with E-state index in [0.717, 1.165) is 12.8 Å². The summed E-state index contributed by atoms with van der Waals surface area (Å²) < 4.78 is 24.8. The number of halogens is 3. The molecule has 2 N–H and O–H groups in total. The number of imidazole rings is 1. The Labute approximate surface area is 262 Å². The highest BCUT2D eigenvalue weighted by Crippen LogP contribution is 2.49. The molecule has 0 radical (unpaired) electrons. The summed E-state index contributed by atoms with van der Waals surface area (Å²) in [5.41, 5.74) is -2.82. The molecule has 3 heterocycles. The van der Waals surface area contributed by atoms with Crippen molar-refractivity contribution in [3.05, 3.63) is 111 Å². The number of amides is 2. The van der Waals surface area contributed by atoms with Crippen molar-refractivity contribution in [3.63, 3.8) is 0 Å². The third-order valence-electron chi connectivity index (χ3n) is 8.09. The molecule has 0 bridgehead atoms. The number of nitrogens with one attached hydrogen (secondary N) is 1. The Morgan fingerprint density at radius 2 is 1.86 bits per heavy atom. The van der Waals surface area contributed by atoms with Gasteiger partial charge in [-0.2, -0.15) is 0 Å². The fourth-order valence-electron chi connectivity index (χ4n) is 5.60. The van der Waals surface area contributed by atoms with E-state index in [1.165, 1.54) is 35.8 Å². The number of carbonyl (C=O) groups is 2. The molecule has 0 spiro atoms. The van der Waals surface area contributed by atoms with Crippen LogP contribution in [0.25, 0.3) is 0 Å². The maximum absolute atomic E-state index is 16.7. The van der Waals surface area contributed by atoms with Gasteiger partial charge in [0.2, 0.25) is 11.6 Å². The summed E-state index contributed by atoms with van der Waals surface area (Å²) in [5, 5.41) is 15.3. The van der Waals surface area contributed by atoms with Crippen LogP contribution in [0.3, 0.4) is 0 Å². The maximum atomic E-state index is 16.7. The standard InChI is InChI=1S/C31H29Cl2FN6O4/c1-3-30(43,25-14-39(2)16-37-25)20-10-23-27(24(34)11-20)31(19-6-8-21(32)9-7-19,44-17-38-28(41)18-4-5-18)40(29(23)42)15-26-35-12-22(33)13-36-26/h6-14,16,18,43H,3-5,15,17H2,1-2H3,(H,38,41)/t30?,31-/m1/s1. The fraction of sp³-hybridized carbons (Fsp3) is 0.323. The van der Waals surface area contributed by atoms with Crippen LogP contribution >= 0.6 is 23.2 Å². The van der Waals surface area contributed by atoms with Gasteiger partial charge in [-0.3, -0.25) is 14.5 Å². The van der Waals surface area contributed by atoms with Gasteiger partial charge in [-0.15, -0.1) is 0 Å². The molecule has 2 aromatic carbocycles. The molecule has 6 rings (SSSR count). The predicted octanol–water partition coefficient (Wildman–Crippen LogP) is 4.66. The molecule has 44 heavy (non-hydrogen) atoms. The molecule has 1 aliphatic heterocycles. The molecular weight excluding hydrogens is 610 g/mol. The van der Waals surface area contributed by atoms with Crippen molar-refractivity contribution >= 4 is 35.0 Å². The topological polar surface area (TPSA) is 122 Å². The molecule has 2 atom stereocenters. The SMILES string of the molecule is CCC(O)(c1cc(F)c2c(c1)C(=O)N(Cc1ncc(Cl)cn1)[C@@]2(OCNC(=O)C1CC1)c1ccc(Cl)cc1)c1cn(C)cn1. The first-order chi connectivity index (χ1) is 21.1. The molecule has 2 aromatic heterocycles. The molecule has 4 aromatic rings. The molecular formula is C31H29Cl2FN6O4. The minimum Gasteiger partial charge on any atom is -0.379 e. The lowest BCUT2D eigenvalue weighted by molar-refractivity contribution is -0.137. The van der Waals surface area contributed by atoms with Crippen LogP contribution in [-0.2, 0) is 34.4 Å². The Bertz CT molecular complexity index is 1730. The van der Waals surface area contributed by atoms with Crippen molar-refractivity contribution in [2.75, 3.05) is 6.73 Å². The molecule has 10 nitrogen and oxygen atoms in total. The number of aryl methyl sites for hydroxylation is 1. The Morgan fingerprint density at radius 3 is 2.48 bits per heavy atom. The van der Waals surface area contributed by atoms with Gasteiger partial charge in [-0.25, -0.2) is 19.3 Å². The Hall–Kier alpha value is -3.90. The van der Waals surface area contributed by atoms with Crippen molar-refractivity contribution in [1.29, 1.82) is 0 Å². The number of carbonyl (C=O) groups excluding carboxylic acids is 2. The first-order valence-electron chi connectivity index (χ1n) is 14.1.